The molecule has 0 aliphatic rings. The van der Waals surface area contributed by atoms with Crippen LogP contribution in [0.25, 0.3) is 11.2 Å². The molecule has 7 heteroatoms. The summed E-state index contributed by atoms with van der Waals surface area (Å²) in [5.41, 5.74) is -2.07. The Hall–Kier alpha value is -1.89. The lowest BCUT2D eigenvalue weighted by atomic mass is 10.2. The molecule has 110 valence electrons. The van der Waals surface area contributed by atoms with E-state index in [4.69, 9.17) is 11.0 Å². The Bertz CT molecular complexity index is 985. The highest BCUT2D eigenvalue weighted by molar-refractivity contribution is 5.69. The van der Waals surface area contributed by atoms with Gasteiger partial charge in [-0.25, -0.2) is 9.78 Å². The highest BCUT2D eigenvalue weighted by atomic mass is 16.3. The summed E-state index contributed by atoms with van der Waals surface area (Å²) in [6.45, 7) is -5.90. The van der Waals surface area contributed by atoms with E-state index in [0.717, 1.165) is 15.5 Å². The summed E-state index contributed by atoms with van der Waals surface area (Å²) in [4.78, 5) is 28.9. The summed E-state index contributed by atoms with van der Waals surface area (Å²) >= 11 is 0. The maximum Gasteiger partial charge on any atom is 0.332 e. The molecule has 0 radical (unpaired) electrons. The predicted molar refractivity (Wildman–Crippen MR) is 75.7 cm³/mol. The van der Waals surface area contributed by atoms with Gasteiger partial charge >= 0.3 is 5.69 Å². The van der Waals surface area contributed by atoms with Crippen molar-refractivity contribution in [3.63, 3.8) is 0 Å². The Balaban J connectivity index is 2.39. The number of aromatic nitrogens is 4. The summed E-state index contributed by atoms with van der Waals surface area (Å²) < 4.78 is 61.7. The molecule has 0 aromatic carbocycles. The lowest BCUT2D eigenvalue weighted by molar-refractivity contribution is 0.180. The molecule has 2 heterocycles. The van der Waals surface area contributed by atoms with Crippen LogP contribution in [0.5, 0.6) is 0 Å². The largest absolute Gasteiger partial charge is 0.393 e. The van der Waals surface area contributed by atoms with Gasteiger partial charge in [0.25, 0.3) is 5.56 Å². The van der Waals surface area contributed by atoms with Crippen LogP contribution >= 0.6 is 0 Å². The van der Waals surface area contributed by atoms with Gasteiger partial charge in [0, 0.05) is 31.5 Å². The molecule has 2 aromatic heterocycles. The van der Waals surface area contributed by atoms with Gasteiger partial charge in [0.2, 0.25) is 0 Å². The zero-order chi connectivity index (χ0) is 21.7. The Morgan fingerprint density at radius 3 is 3.00 bits per heavy atom. The second-order valence-electron chi connectivity index (χ2n) is 4.30. The van der Waals surface area contributed by atoms with E-state index in [0.29, 0.717) is 4.57 Å². The lowest BCUT2D eigenvalue weighted by Crippen LogP contribution is -2.39. The molecule has 7 nitrogen and oxygen atoms in total. The third kappa shape index (κ3) is 2.53. The minimum Gasteiger partial charge on any atom is -0.393 e. The van der Waals surface area contributed by atoms with Crippen molar-refractivity contribution in [1.29, 1.82) is 0 Å². The number of hydrogen-bond acceptors (Lipinski definition) is 4. The summed E-state index contributed by atoms with van der Waals surface area (Å²) in [6, 6.07) is 0. The fourth-order valence-electron chi connectivity index (χ4n) is 1.94. The van der Waals surface area contributed by atoms with Crippen molar-refractivity contribution in [3.05, 3.63) is 27.2 Å². The summed E-state index contributed by atoms with van der Waals surface area (Å²) in [7, 11) is 1.31. The minimum atomic E-state index is -2.92. The van der Waals surface area contributed by atoms with Crippen LogP contribution in [0.3, 0.4) is 0 Å². The van der Waals surface area contributed by atoms with Crippen molar-refractivity contribution >= 4 is 11.2 Å². The topological polar surface area (TPSA) is 82.1 Å². The van der Waals surface area contributed by atoms with Gasteiger partial charge in [0.05, 0.1) is 12.4 Å². The van der Waals surface area contributed by atoms with E-state index >= 15 is 0 Å². The summed E-state index contributed by atoms with van der Waals surface area (Å²) in [6.07, 6.45) is -4.32. The van der Waals surface area contributed by atoms with Crippen molar-refractivity contribution in [1.82, 2.24) is 18.7 Å². The van der Waals surface area contributed by atoms with Gasteiger partial charge in [0.1, 0.15) is 0 Å². The highest BCUT2D eigenvalue weighted by Gasteiger charge is 2.14. The van der Waals surface area contributed by atoms with Crippen LogP contribution in [-0.4, -0.2) is 29.9 Å². The van der Waals surface area contributed by atoms with Crippen LogP contribution in [-0.2, 0) is 20.6 Å². The monoisotopic (exact) mass is 288 g/mol. The van der Waals surface area contributed by atoms with Crippen molar-refractivity contribution in [3.8, 4) is 0 Å². The first-order valence-electron chi connectivity index (χ1n) is 9.94. The van der Waals surface area contributed by atoms with Crippen LogP contribution < -0.4 is 11.2 Å². The molecule has 0 aliphatic heterocycles. The molecule has 0 aliphatic carbocycles. The van der Waals surface area contributed by atoms with Gasteiger partial charge in [-0.05, 0) is 26.1 Å². The standard InChI is InChI=1S/C13H20N4O3/c1-9(18)6-4-5-7-17-12(19)10-11(14-8-15(10)2)16(3)13(17)20/h8-9,18H,4-7H2,1-3H3/t9-/m1/s1/i1D3,2D3,6D2. The second-order valence-corrected chi connectivity index (χ2v) is 4.30. The van der Waals surface area contributed by atoms with Crippen molar-refractivity contribution in [2.75, 3.05) is 0 Å². The Labute approximate surface area is 127 Å². The molecular formula is C13H20N4O3. The zero-order valence-electron chi connectivity index (χ0n) is 18.8. The molecule has 0 saturated carbocycles. The fourth-order valence-corrected chi connectivity index (χ4v) is 1.94. The average Bonchev–Trinajstić information content (AvgIpc) is 3.00. The SMILES string of the molecule is [2H]C([2H])([2H])[C@@H](O)C([2H])([2H])CCCn1c(=O)c2c(ncn2C([2H])([2H])[2H])n(C)c1=O. The summed E-state index contributed by atoms with van der Waals surface area (Å²) in [5.74, 6) is 0. The van der Waals surface area contributed by atoms with E-state index in [-0.39, 0.29) is 24.1 Å². The van der Waals surface area contributed by atoms with Gasteiger partial charge in [0.15, 0.2) is 11.2 Å². The fraction of sp³-hybridized carbons (Fsp3) is 0.615. The molecule has 2 rings (SSSR count). The first kappa shape index (κ1) is 7.21. The molecule has 1 N–H and O–H groups in total. The molecule has 0 fully saturated rings. The Morgan fingerprint density at radius 1 is 1.50 bits per heavy atom. The average molecular weight is 288 g/mol. The number of imidazole rings is 1. The first-order valence-corrected chi connectivity index (χ1v) is 5.94. The lowest BCUT2D eigenvalue weighted by Gasteiger charge is -2.09. The van der Waals surface area contributed by atoms with E-state index in [9.17, 15) is 14.7 Å². The van der Waals surface area contributed by atoms with Gasteiger partial charge in [-0.15, -0.1) is 0 Å². The van der Waals surface area contributed by atoms with E-state index in [1.807, 2.05) is 0 Å². The zero-order valence-corrected chi connectivity index (χ0v) is 10.8. The summed E-state index contributed by atoms with van der Waals surface area (Å²) in [5, 5.41) is 9.66. The molecule has 20 heavy (non-hydrogen) atoms. The van der Waals surface area contributed by atoms with Gasteiger partial charge in [-0.3, -0.25) is 13.9 Å². The number of aliphatic hydroxyl groups is 1. The van der Waals surface area contributed by atoms with Crippen LogP contribution in [0.1, 0.15) is 37.0 Å². The normalized spacial score (nSPS) is 20.9. The number of aliphatic hydroxyl groups excluding tert-OH is 1. The quantitative estimate of drug-likeness (QED) is 0.838. The molecule has 1 atom stereocenters. The minimum absolute atomic E-state index is 0.101. The van der Waals surface area contributed by atoms with E-state index < -0.39 is 44.0 Å². The molecule has 0 saturated heterocycles. The predicted octanol–water partition coefficient (Wildman–Crippen LogP) is -0.0152. The van der Waals surface area contributed by atoms with Gasteiger partial charge < -0.3 is 9.67 Å². The van der Waals surface area contributed by atoms with Gasteiger partial charge in [-0.2, -0.15) is 0 Å². The van der Waals surface area contributed by atoms with Crippen LogP contribution in [0, 0.1) is 0 Å². The van der Waals surface area contributed by atoms with Crippen molar-refractivity contribution in [2.45, 2.75) is 38.7 Å². The van der Waals surface area contributed by atoms with Gasteiger partial charge in [-0.1, -0.05) is 0 Å². The first-order chi connectivity index (χ1) is 12.6. The molecule has 0 spiro atoms. The number of aryl methyl sites for hydroxylation is 2. The van der Waals surface area contributed by atoms with E-state index in [1.54, 1.807) is 0 Å². The number of nitrogens with zero attached hydrogens (tertiary/aromatic N) is 4. The highest BCUT2D eigenvalue weighted by Crippen LogP contribution is 2.04. The van der Waals surface area contributed by atoms with E-state index in [2.05, 4.69) is 4.98 Å². The van der Waals surface area contributed by atoms with Crippen molar-refractivity contribution < 1.29 is 16.1 Å². The third-order valence-electron chi connectivity index (χ3n) is 2.93. The maximum atomic E-state index is 12.7. The van der Waals surface area contributed by atoms with E-state index in [1.165, 1.54) is 7.05 Å². The number of fused-ring (bicyclic) bond motifs is 1. The molecule has 2 aromatic rings. The third-order valence-corrected chi connectivity index (χ3v) is 2.93. The van der Waals surface area contributed by atoms with Crippen molar-refractivity contribution in [2.24, 2.45) is 14.0 Å². The molecular weight excluding hydrogens is 260 g/mol. The molecule has 0 amide bonds. The van der Waals surface area contributed by atoms with Crippen LogP contribution in [0.4, 0.5) is 0 Å². The number of rotatable bonds is 5. The Kier molecular flexibility index (Phi) is 2.03. The molecule has 0 bridgehead atoms. The maximum absolute atomic E-state index is 12.7. The second kappa shape index (κ2) is 5.62. The molecule has 0 unspecified atom stereocenters. The smallest absolute Gasteiger partial charge is 0.332 e. The van der Waals surface area contributed by atoms with Crippen LogP contribution in [0.15, 0.2) is 15.9 Å². The number of hydrogen-bond donors (Lipinski definition) is 1. The Morgan fingerprint density at radius 2 is 2.30 bits per heavy atom. The van der Waals surface area contributed by atoms with Crippen LogP contribution in [0.2, 0.25) is 0 Å².